The molecule has 2 aromatic carbocycles. The lowest BCUT2D eigenvalue weighted by molar-refractivity contribution is 0.0773. The number of amides is 1. The first-order valence-corrected chi connectivity index (χ1v) is 10.4. The van der Waals surface area contributed by atoms with E-state index < -0.39 is 27.7 Å². The second-order valence-corrected chi connectivity index (χ2v) is 8.37. The molecule has 0 bridgehead atoms. The summed E-state index contributed by atoms with van der Waals surface area (Å²) in [5, 5.41) is 0. The summed E-state index contributed by atoms with van der Waals surface area (Å²) in [6.45, 7) is 6.44. The van der Waals surface area contributed by atoms with Crippen molar-refractivity contribution in [2.24, 2.45) is 0 Å². The molecule has 0 spiro atoms. The number of benzene rings is 2. The van der Waals surface area contributed by atoms with Crippen molar-refractivity contribution in [2.45, 2.75) is 31.7 Å². The smallest absolute Gasteiger partial charge is 0.253 e. The van der Waals surface area contributed by atoms with Gasteiger partial charge in [-0.25, -0.2) is 17.2 Å². The van der Waals surface area contributed by atoms with Gasteiger partial charge in [0.15, 0.2) is 11.6 Å². The van der Waals surface area contributed by atoms with Crippen LogP contribution in [0.3, 0.4) is 0 Å². The average Bonchev–Trinajstić information content (AvgIpc) is 2.69. The lowest BCUT2D eigenvalue weighted by Crippen LogP contribution is -2.31. The molecule has 0 aliphatic rings. The van der Waals surface area contributed by atoms with E-state index >= 15 is 0 Å². The Hall–Kier alpha value is -2.32. The maximum Gasteiger partial charge on any atom is 0.253 e. The molecule has 0 radical (unpaired) electrons. The first-order chi connectivity index (χ1) is 13.1. The number of halogens is 2. The average molecular weight is 410 g/mol. The summed E-state index contributed by atoms with van der Waals surface area (Å²) in [5.74, 6) is -2.19. The van der Waals surface area contributed by atoms with Gasteiger partial charge in [0.2, 0.25) is 10.0 Å². The standard InChI is InChI=1S/C20H24F2N2O3S/c1-5-24(6-2)20(25)15-7-10-17(11-8-15)28(26,27)23(4)14(3)16-9-12-18(21)19(22)13-16/h7-14H,5-6H2,1-4H3. The van der Waals surface area contributed by atoms with Gasteiger partial charge in [-0.15, -0.1) is 0 Å². The molecule has 1 unspecified atom stereocenters. The van der Waals surface area contributed by atoms with Gasteiger partial charge in [-0.05, 0) is 62.7 Å². The van der Waals surface area contributed by atoms with Crippen molar-refractivity contribution in [1.29, 1.82) is 0 Å². The van der Waals surface area contributed by atoms with E-state index in [9.17, 15) is 22.0 Å². The van der Waals surface area contributed by atoms with E-state index in [0.29, 0.717) is 24.2 Å². The Bertz CT molecular complexity index is 942. The quantitative estimate of drug-likeness (QED) is 0.697. The van der Waals surface area contributed by atoms with Crippen molar-refractivity contribution < 1.29 is 22.0 Å². The molecule has 5 nitrogen and oxygen atoms in total. The van der Waals surface area contributed by atoms with E-state index in [1.807, 2.05) is 13.8 Å². The summed E-state index contributed by atoms with van der Waals surface area (Å²) in [7, 11) is -2.52. The van der Waals surface area contributed by atoms with E-state index in [1.165, 1.54) is 37.4 Å². The molecule has 0 N–H and O–H groups in total. The molecule has 2 rings (SSSR count). The summed E-state index contributed by atoms with van der Waals surface area (Å²) in [6, 6.07) is 8.29. The third kappa shape index (κ3) is 4.39. The normalized spacial score (nSPS) is 12.8. The van der Waals surface area contributed by atoms with Crippen LogP contribution in [0.4, 0.5) is 8.78 Å². The van der Waals surface area contributed by atoms with Crippen LogP contribution in [-0.2, 0) is 10.0 Å². The van der Waals surface area contributed by atoms with E-state index in [0.717, 1.165) is 16.4 Å². The van der Waals surface area contributed by atoms with Gasteiger partial charge >= 0.3 is 0 Å². The molecule has 28 heavy (non-hydrogen) atoms. The summed E-state index contributed by atoms with van der Waals surface area (Å²) in [4.78, 5) is 14.0. The number of hydrogen-bond acceptors (Lipinski definition) is 3. The fourth-order valence-corrected chi connectivity index (χ4v) is 4.17. The van der Waals surface area contributed by atoms with Crippen LogP contribution in [0.15, 0.2) is 47.4 Å². The zero-order valence-electron chi connectivity index (χ0n) is 16.3. The molecule has 152 valence electrons. The number of hydrogen-bond donors (Lipinski definition) is 0. The van der Waals surface area contributed by atoms with Crippen LogP contribution < -0.4 is 0 Å². The van der Waals surface area contributed by atoms with Crippen molar-refractivity contribution in [3.05, 3.63) is 65.2 Å². The van der Waals surface area contributed by atoms with Crippen molar-refractivity contribution in [3.8, 4) is 0 Å². The highest BCUT2D eigenvalue weighted by atomic mass is 32.2. The summed E-state index contributed by atoms with van der Waals surface area (Å²) in [6.07, 6.45) is 0. The minimum absolute atomic E-state index is 0.0144. The molecule has 0 saturated heterocycles. The number of rotatable bonds is 7. The molecular weight excluding hydrogens is 386 g/mol. The predicted molar refractivity (Wildman–Crippen MR) is 103 cm³/mol. The van der Waals surface area contributed by atoms with Crippen LogP contribution in [-0.4, -0.2) is 43.7 Å². The largest absolute Gasteiger partial charge is 0.339 e. The summed E-state index contributed by atoms with van der Waals surface area (Å²) >= 11 is 0. The van der Waals surface area contributed by atoms with Crippen molar-refractivity contribution in [3.63, 3.8) is 0 Å². The van der Waals surface area contributed by atoms with E-state index in [2.05, 4.69) is 0 Å². The molecule has 8 heteroatoms. The minimum Gasteiger partial charge on any atom is -0.339 e. The lowest BCUT2D eigenvalue weighted by atomic mass is 10.1. The summed E-state index contributed by atoms with van der Waals surface area (Å²) in [5.41, 5.74) is 0.734. The summed E-state index contributed by atoms with van der Waals surface area (Å²) < 4.78 is 53.5. The van der Waals surface area contributed by atoms with Crippen LogP contribution >= 0.6 is 0 Å². The molecular formula is C20H24F2N2O3S. The molecule has 0 aliphatic heterocycles. The molecule has 0 heterocycles. The monoisotopic (exact) mass is 410 g/mol. The Labute approximate surface area is 164 Å². The van der Waals surface area contributed by atoms with Crippen LogP contribution in [0.25, 0.3) is 0 Å². The molecule has 0 fully saturated rings. The van der Waals surface area contributed by atoms with Gasteiger partial charge in [-0.1, -0.05) is 6.07 Å². The Morgan fingerprint density at radius 1 is 1.00 bits per heavy atom. The zero-order chi connectivity index (χ0) is 21.1. The highest BCUT2D eigenvalue weighted by molar-refractivity contribution is 7.89. The lowest BCUT2D eigenvalue weighted by Gasteiger charge is -2.25. The van der Waals surface area contributed by atoms with Gasteiger partial charge in [0.25, 0.3) is 5.91 Å². The fraction of sp³-hybridized carbons (Fsp3) is 0.350. The highest BCUT2D eigenvalue weighted by Gasteiger charge is 2.27. The predicted octanol–water partition coefficient (Wildman–Crippen LogP) is 3.83. The van der Waals surface area contributed by atoms with Crippen LogP contribution in [0, 0.1) is 11.6 Å². The SMILES string of the molecule is CCN(CC)C(=O)c1ccc(S(=O)(=O)N(C)C(C)c2ccc(F)c(F)c2)cc1. The first kappa shape index (κ1) is 22.0. The Morgan fingerprint density at radius 2 is 1.57 bits per heavy atom. The zero-order valence-corrected chi connectivity index (χ0v) is 17.1. The van der Waals surface area contributed by atoms with Gasteiger partial charge < -0.3 is 4.90 Å². The van der Waals surface area contributed by atoms with Crippen molar-refractivity contribution in [1.82, 2.24) is 9.21 Å². The third-order valence-electron chi connectivity index (χ3n) is 4.80. The Kier molecular flexibility index (Phi) is 6.90. The van der Waals surface area contributed by atoms with E-state index in [4.69, 9.17) is 0 Å². The van der Waals surface area contributed by atoms with Gasteiger partial charge in [0.05, 0.1) is 4.90 Å². The second-order valence-electron chi connectivity index (χ2n) is 6.37. The third-order valence-corrected chi connectivity index (χ3v) is 6.74. The molecule has 0 saturated carbocycles. The Balaban J connectivity index is 2.27. The molecule has 1 amide bonds. The van der Waals surface area contributed by atoms with Gasteiger partial charge in [0.1, 0.15) is 0 Å². The van der Waals surface area contributed by atoms with Crippen LogP contribution in [0.5, 0.6) is 0 Å². The molecule has 2 aromatic rings. The number of carbonyl (C=O) groups excluding carboxylic acids is 1. The van der Waals surface area contributed by atoms with Gasteiger partial charge in [-0.3, -0.25) is 4.79 Å². The highest BCUT2D eigenvalue weighted by Crippen LogP contribution is 2.27. The van der Waals surface area contributed by atoms with Crippen LogP contribution in [0.2, 0.25) is 0 Å². The number of nitrogens with zero attached hydrogens (tertiary/aromatic N) is 2. The second kappa shape index (κ2) is 8.79. The van der Waals surface area contributed by atoms with E-state index in [-0.39, 0.29) is 10.8 Å². The van der Waals surface area contributed by atoms with E-state index in [1.54, 1.807) is 11.8 Å². The maximum atomic E-state index is 13.5. The molecule has 1 atom stereocenters. The van der Waals surface area contributed by atoms with Gasteiger partial charge in [-0.2, -0.15) is 4.31 Å². The van der Waals surface area contributed by atoms with Gasteiger partial charge in [0, 0.05) is 31.7 Å². The van der Waals surface area contributed by atoms with Crippen molar-refractivity contribution in [2.75, 3.05) is 20.1 Å². The maximum absolute atomic E-state index is 13.5. The molecule has 0 aromatic heterocycles. The fourth-order valence-electron chi connectivity index (χ4n) is 2.82. The number of carbonyl (C=O) groups is 1. The Morgan fingerprint density at radius 3 is 2.07 bits per heavy atom. The van der Waals surface area contributed by atoms with Crippen LogP contribution in [0.1, 0.15) is 42.7 Å². The van der Waals surface area contributed by atoms with Crippen molar-refractivity contribution >= 4 is 15.9 Å². The topological polar surface area (TPSA) is 57.7 Å². The minimum atomic E-state index is -3.89. The molecule has 0 aliphatic carbocycles. The number of sulfonamides is 1. The first-order valence-electron chi connectivity index (χ1n) is 8.95.